The SMILES string of the molecule is CCOCCNC(=NC)NCc1ccc(C)cc1OCC(F)(F)F.I. The number of rotatable bonds is 8. The average Bonchev–Trinajstić information content (AvgIpc) is 2.53. The predicted molar refractivity (Wildman–Crippen MR) is 103 cm³/mol. The molecule has 2 N–H and O–H groups in total. The van der Waals surface area contributed by atoms with Gasteiger partial charge in [-0.3, -0.25) is 4.99 Å². The summed E-state index contributed by atoms with van der Waals surface area (Å²) in [6.07, 6.45) is -4.37. The number of ether oxygens (including phenoxy) is 2. The molecule has 1 aromatic carbocycles. The van der Waals surface area contributed by atoms with E-state index in [9.17, 15) is 13.2 Å². The Morgan fingerprint density at radius 2 is 1.96 bits per heavy atom. The molecule has 0 spiro atoms. The number of nitrogens with one attached hydrogen (secondary N) is 2. The van der Waals surface area contributed by atoms with E-state index in [1.54, 1.807) is 26.1 Å². The zero-order valence-corrected chi connectivity index (χ0v) is 16.9. The van der Waals surface area contributed by atoms with Gasteiger partial charge >= 0.3 is 6.18 Å². The van der Waals surface area contributed by atoms with Crippen LogP contribution >= 0.6 is 24.0 Å². The minimum Gasteiger partial charge on any atom is -0.484 e. The summed E-state index contributed by atoms with van der Waals surface area (Å²) < 4.78 is 47.2. The third-order valence-corrected chi connectivity index (χ3v) is 3.03. The molecule has 0 radical (unpaired) electrons. The molecule has 0 atom stereocenters. The fourth-order valence-corrected chi connectivity index (χ4v) is 1.89. The van der Waals surface area contributed by atoms with Crippen molar-refractivity contribution in [2.24, 2.45) is 4.99 Å². The van der Waals surface area contributed by atoms with Crippen molar-refractivity contribution >= 4 is 29.9 Å². The van der Waals surface area contributed by atoms with E-state index >= 15 is 0 Å². The smallest absolute Gasteiger partial charge is 0.422 e. The van der Waals surface area contributed by atoms with Gasteiger partial charge in [-0.25, -0.2) is 0 Å². The Bertz CT molecular complexity index is 540. The second-order valence-corrected chi connectivity index (χ2v) is 5.06. The molecule has 0 aromatic heterocycles. The summed E-state index contributed by atoms with van der Waals surface area (Å²) in [5.41, 5.74) is 1.45. The Morgan fingerprint density at radius 1 is 1.24 bits per heavy atom. The zero-order chi connectivity index (χ0) is 18.0. The zero-order valence-electron chi connectivity index (χ0n) is 14.6. The second-order valence-electron chi connectivity index (χ2n) is 5.06. The van der Waals surface area contributed by atoms with Crippen LogP contribution in [0.15, 0.2) is 23.2 Å². The van der Waals surface area contributed by atoms with Crippen molar-refractivity contribution in [3.05, 3.63) is 29.3 Å². The molecule has 144 valence electrons. The van der Waals surface area contributed by atoms with Crippen LogP contribution in [0, 0.1) is 6.92 Å². The minimum atomic E-state index is -4.37. The molecule has 1 rings (SSSR count). The lowest BCUT2D eigenvalue weighted by molar-refractivity contribution is -0.153. The number of benzene rings is 1. The van der Waals surface area contributed by atoms with Gasteiger partial charge in [0.2, 0.25) is 0 Å². The highest BCUT2D eigenvalue weighted by atomic mass is 127. The molecule has 0 aliphatic rings. The number of aryl methyl sites for hydroxylation is 1. The highest BCUT2D eigenvalue weighted by molar-refractivity contribution is 14.0. The van der Waals surface area contributed by atoms with Gasteiger partial charge in [0.15, 0.2) is 12.6 Å². The first-order valence-electron chi connectivity index (χ1n) is 7.67. The first-order valence-corrected chi connectivity index (χ1v) is 7.67. The first-order chi connectivity index (χ1) is 11.4. The molecule has 0 saturated heterocycles. The molecule has 1 aromatic rings. The molecular weight excluding hydrogens is 450 g/mol. The van der Waals surface area contributed by atoms with Crippen LogP contribution in [0.2, 0.25) is 0 Å². The van der Waals surface area contributed by atoms with Gasteiger partial charge < -0.3 is 20.1 Å². The van der Waals surface area contributed by atoms with Crippen LogP contribution in [0.5, 0.6) is 5.75 Å². The normalized spacial score (nSPS) is 11.7. The summed E-state index contributed by atoms with van der Waals surface area (Å²) in [6.45, 7) is 4.45. The maximum Gasteiger partial charge on any atom is 0.422 e. The van der Waals surface area contributed by atoms with Gasteiger partial charge in [-0.2, -0.15) is 13.2 Å². The van der Waals surface area contributed by atoms with E-state index in [1.807, 2.05) is 13.0 Å². The van der Waals surface area contributed by atoms with Crippen LogP contribution in [0.25, 0.3) is 0 Å². The van der Waals surface area contributed by atoms with Crippen molar-refractivity contribution in [3.63, 3.8) is 0 Å². The van der Waals surface area contributed by atoms with Gasteiger partial charge in [-0.05, 0) is 25.5 Å². The maximum atomic E-state index is 12.4. The van der Waals surface area contributed by atoms with E-state index in [2.05, 4.69) is 15.6 Å². The standard InChI is InChI=1S/C16H24F3N3O2.HI/c1-4-23-8-7-21-15(20-3)22-10-13-6-5-12(2)9-14(13)24-11-16(17,18)19;/h5-6,9H,4,7-8,10-11H2,1-3H3,(H2,20,21,22);1H. The first kappa shape index (κ1) is 23.8. The Hall–Kier alpha value is -1.23. The fraction of sp³-hybridized carbons (Fsp3) is 0.562. The summed E-state index contributed by atoms with van der Waals surface area (Å²) in [5, 5.41) is 6.10. The number of halogens is 4. The molecule has 0 aliphatic carbocycles. The van der Waals surface area contributed by atoms with E-state index in [-0.39, 0.29) is 29.7 Å². The molecule has 25 heavy (non-hydrogen) atoms. The minimum absolute atomic E-state index is 0. The van der Waals surface area contributed by atoms with Crippen LogP contribution in [-0.4, -0.2) is 45.5 Å². The van der Waals surface area contributed by atoms with E-state index in [1.165, 1.54) is 0 Å². The van der Waals surface area contributed by atoms with Crippen molar-refractivity contribution in [2.75, 3.05) is 33.4 Å². The Labute approximate surface area is 163 Å². The van der Waals surface area contributed by atoms with Crippen molar-refractivity contribution in [2.45, 2.75) is 26.6 Å². The lowest BCUT2D eigenvalue weighted by atomic mass is 10.1. The third kappa shape index (κ3) is 10.4. The number of guanidine groups is 1. The molecule has 0 heterocycles. The van der Waals surface area contributed by atoms with Gasteiger partial charge in [0.1, 0.15) is 5.75 Å². The average molecular weight is 475 g/mol. The van der Waals surface area contributed by atoms with Crippen LogP contribution in [0.3, 0.4) is 0 Å². The molecular formula is C16H25F3IN3O2. The van der Waals surface area contributed by atoms with Gasteiger partial charge in [-0.15, -0.1) is 24.0 Å². The largest absolute Gasteiger partial charge is 0.484 e. The van der Waals surface area contributed by atoms with Crippen molar-refractivity contribution < 1.29 is 22.6 Å². The van der Waals surface area contributed by atoms with Crippen molar-refractivity contribution in [1.29, 1.82) is 0 Å². The van der Waals surface area contributed by atoms with Crippen LogP contribution in [0.1, 0.15) is 18.1 Å². The van der Waals surface area contributed by atoms with E-state index in [4.69, 9.17) is 9.47 Å². The number of hydrogen-bond acceptors (Lipinski definition) is 3. The van der Waals surface area contributed by atoms with Crippen LogP contribution in [-0.2, 0) is 11.3 Å². The lowest BCUT2D eigenvalue weighted by Gasteiger charge is -2.16. The molecule has 0 amide bonds. The molecule has 0 fully saturated rings. The van der Waals surface area contributed by atoms with E-state index in [0.717, 1.165) is 5.56 Å². The lowest BCUT2D eigenvalue weighted by Crippen LogP contribution is -2.38. The number of hydrogen-bond donors (Lipinski definition) is 2. The number of aliphatic imine (C=N–C) groups is 1. The van der Waals surface area contributed by atoms with E-state index in [0.29, 0.717) is 37.8 Å². The maximum absolute atomic E-state index is 12.4. The summed E-state index contributed by atoms with van der Waals surface area (Å²) in [5.74, 6) is 0.752. The van der Waals surface area contributed by atoms with Gasteiger partial charge in [0.25, 0.3) is 0 Å². The summed E-state index contributed by atoms with van der Waals surface area (Å²) >= 11 is 0. The van der Waals surface area contributed by atoms with Gasteiger partial charge in [0, 0.05) is 32.3 Å². The Kier molecular flexibility index (Phi) is 11.6. The summed E-state index contributed by atoms with van der Waals surface area (Å²) in [4.78, 5) is 4.05. The highest BCUT2D eigenvalue weighted by Gasteiger charge is 2.28. The third-order valence-electron chi connectivity index (χ3n) is 3.03. The molecule has 0 saturated carbocycles. The van der Waals surface area contributed by atoms with E-state index < -0.39 is 12.8 Å². The molecule has 0 aliphatic heterocycles. The van der Waals surface area contributed by atoms with Gasteiger partial charge in [-0.1, -0.05) is 12.1 Å². The summed E-state index contributed by atoms with van der Waals surface area (Å²) in [7, 11) is 1.62. The topological polar surface area (TPSA) is 54.9 Å². The van der Waals surface area contributed by atoms with Gasteiger partial charge in [0.05, 0.1) is 6.61 Å². The molecule has 0 unspecified atom stereocenters. The second kappa shape index (κ2) is 12.2. The molecule has 9 heteroatoms. The monoisotopic (exact) mass is 475 g/mol. The fourth-order valence-electron chi connectivity index (χ4n) is 1.89. The number of nitrogens with zero attached hydrogens (tertiary/aromatic N) is 1. The number of alkyl halides is 3. The van der Waals surface area contributed by atoms with Crippen LogP contribution in [0.4, 0.5) is 13.2 Å². The molecule has 0 bridgehead atoms. The Balaban J connectivity index is 0.00000576. The quantitative estimate of drug-likeness (QED) is 0.263. The van der Waals surface area contributed by atoms with Crippen LogP contribution < -0.4 is 15.4 Å². The highest BCUT2D eigenvalue weighted by Crippen LogP contribution is 2.23. The Morgan fingerprint density at radius 3 is 2.56 bits per heavy atom. The molecule has 5 nitrogen and oxygen atoms in total. The summed E-state index contributed by atoms with van der Waals surface area (Å²) in [6, 6.07) is 5.15. The van der Waals surface area contributed by atoms with Crippen molar-refractivity contribution in [1.82, 2.24) is 10.6 Å². The van der Waals surface area contributed by atoms with Crippen molar-refractivity contribution in [3.8, 4) is 5.75 Å². The predicted octanol–water partition coefficient (Wildman–Crippen LogP) is 3.26.